The Morgan fingerprint density at radius 1 is 1.22 bits per heavy atom. The van der Waals surface area contributed by atoms with E-state index in [1.54, 1.807) is 11.8 Å². The van der Waals surface area contributed by atoms with E-state index in [0.717, 1.165) is 5.56 Å². The zero-order valence-electron chi connectivity index (χ0n) is 14.8. The Balaban J connectivity index is 1.75. The maximum Gasteiger partial charge on any atom is 0.410 e. The minimum atomic E-state index is -0.478. The standard InChI is InChI=1S/C19H19N3O5/c1-2-26-19(23)21-13-15(12-18(21)14-6-4-3-5-7-14)20-27-17-10-8-16(9-11-17)22(24)25/h3-11,18H,2,12-13H2,1H3/b20-15-. The largest absolute Gasteiger partial charge is 0.450 e. The van der Waals surface area contributed by atoms with Crippen LogP contribution in [-0.2, 0) is 4.74 Å². The lowest BCUT2D eigenvalue weighted by Gasteiger charge is -2.23. The van der Waals surface area contributed by atoms with Crippen LogP contribution >= 0.6 is 0 Å². The molecule has 1 fully saturated rings. The number of nitrogens with zero attached hydrogens (tertiary/aromatic N) is 3. The molecule has 0 aliphatic carbocycles. The number of benzene rings is 2. The van der Waals surface area contributed by atoms with Crippen molar-refractivity contribution in [1.29, 1.82) is 0 Å². The van der Waals surface area contributed by atoms with Gasteiger partial charge in [-0.3, -0.25) is 15.0 Å². The SMILES string of the molecule is CCOC(=O)N1C/C(=N\Oc2ccc([N+](=O)[O-])cc2)CC1c1ccccc1. The molecule has 1 amide bonds. The number of ether oxygens (including phenoxy) is 1. The van der Waals surface area contributed by atoms with E-state index in [1.807, 2.05) is 30.3 Å². The van der Waals surface area contributed by atoms with Gasteiger partial charge in [0.15, 0.2) is 5.75 Å². The normalized spacial score (nSPS) is 17.7. The third-order valence-corrected chi connectivity index (χ3v) is 4.17. The van der Waals surface area contributed by atoms with Gasteiger partial charge in [-0.05, 0) is 24.6 Å². The summed E-state index contributed by atoms with van der Waals surface area (Å²) in [6.45, 7) is 2.35. The second-order valence-corrected chi connectivity index (χ2v) is 5.96. The first-order valence-corrected chi connectivity index (χ1v) is 8.54. The number of nitro groups is 1. The fourth-order valence-electron chi connectivity index (χ4n) is 2.89. The lowest BCUT2D eigenvalue weighted by atomic mass is 10.0. The Kier molecular flexibility index (Phi) is 5.65. The molecule has 140 valence electrons. The van der Waals surface area contributed by atoms with Crippen molar-refractivity contribution in [3.8, 4) is 5.75 Å². The van der Waals surface area contributed by atoms with Crippen molar-refractivity contribution in [3.63, 3.8) is 0 Å². The molecule has 0 radical (unpaired) electrons. The predicted molar refractivity (Wildman–Crippen MR) is 98.7 cm³/mol. The van der Waals surface area contributed by atoms with Crippen LogP contribution in [-0.4, -0.2) is 34.8 Å². The van der Waals surface area contributed by atoms with Crippen LogP contribution in [0, 0.1) is 10.1 Å². The number of carbonyl (C=O) groups is 1. The van der Waals surface area contributed by atoms with Gasteiger partial charge in [-0.15, -0.1) is 0 Å². The Hall–Kier alpha value is -3.42. The number of hydrogen-bond acceptors (Lipinski definition) is 6. The molecule has 1 aliphatic rings. The van der Waals surface area contributed by atoms with Crippen LogP contribution in [0.5, 0.6) is 5.75 Å². The topological polar surface area (TPSA) is 94.3 Å². The molecule has 1 atom stereocenters. The van der Waals surface area contributed by atoms with E-state index >= 15 is 0 Å². The molecule has 8 nitrogen and oxygen atoms in total. The monoisotopic (exact) mass is 369 g/mol. The maximum atomic E-state index is 12.3. The van der Waals surface area contributed by atoms with E-state index in [2.05, 4.69) is 5.16 Å². The molecule has 8 heteroatoms. The van der Waals surface area contributed by atoms with Gasteiger partial charge in [0.05, 0.1) is 29.8 Å². The Labute approximate surface area is 156 Å². The molecule has 1 aliphatic heterocycles. The summed E-state index contributed by atoms with van der Waals surface area (Å²) < 4.78 is 5.15. The molecule has 1 saturated heterocycles. The highest BCUT2D eigenvalue weighted by Gasteiger charge is 2.35. The maximum absolute atomic E-state index is 12.3. The van der Waals surface area contributed by atoms with Crippen molar-refractivity contribution in [2.45, 2.75) is 19.4 Å². The van der Waals surface area contributed by atoms with Crippen molar-refractivity contribution in [2.24, 2.45) is 5.16 Å². The van der Waals surface area contributed by atoms with Crippen LogP contribution < -0.4 is 4.84 Å². The average molecular weight is 369 g/mol. The lowest BCUT2D eigenvalue weighted by Crippen LogP contribution is -2.31. The second-order valence-electron chi connectivity index (χ2n) is 5.96. The minimum absolute atomic E-state index is 0.0199. The molecule has 1 unspecified atom stereocenters. The summed E-state index contributed by atoms with van der Waals surface area (Å²) in [6, 6.07) is 15.1. The van der Waals surface area contributed by atoms with Crippen molar-refractivity contribution in [1.82, 2.24) is 4.90 Å². The smallest absolute Gasteiger partial charge is 0.410 e. The summed E-state index contributed by atoms with van der Waals surface area (Å²) >= 11 is 0. The van der Waals surface area contributed by atoms with Gasteiger partial charge < -0.3 is 9.57 Å². The van der Waals surface area contributed by atoms with Gasteiger partial charge in [-0.1, -0.05) is 35.5 Å². The molecule has 0 spiro atoms. The van der Waals surface area contributed by atoms with Gasteiger partial charge in [0, 0.05) is 18.6 Å². The van der Waals surface area contributed by atoms with Gasteiger partial charge in [-0.2, -0.15) is 0 Å². The Bertz CT molecular complexity index is 836. The van der Waals surface area contributed by atoms with Crippen LogP contribution in [0.3, 0.4) is 0 Å². The Morgan fingerprint density at radius 2 is 1.93 bits per heavy atom. The van der Waals surface area contributed by atoms with Gasteiger partial charge >= 0.3 is 6.09 Å². The quantitative estimate of drug-likeness (QED) is 0.588. The number of nitro benzene ring substituents is 1. The summed E-state index contributed by atoms with van der Waals surface area (Å²) in [5, 5.41) is 14.8. The molecule has 0 bridgehead atoms. The average Bonchev–Trinajstić information content (AvgIpc) is 3.12. The number of oxime groups is 1. The summed E-state index contributed by atoms with van der Waals surface area (Å²) in [5.41, 5.74) is 1.66. The highest BCUT2D eigenvalue weighted by atomic mass is 16.6. The van der Waals surface area contributed by atoms with Crippen molar-refractivity contribution in [2.75, 3.05) is 13.2 Å². The molecule has 2 aromatic rings. The number of rotatable bonds is 5. The number of non-ortho nitro benzene ring substituents is 1. The van der Waals surface area contributed by atoms with Gasteiger partial charge in [0.2, 0.25) is 0 Å². The second kappa shape index (κ2) is 8.31. The molecule has 2 aromatic carbocycles. The van der Waals surface area contributed by atoms with Crippen molar-refractivity contribution >= 4 is 17.5 Å². The van der Waals surface area contributed by atoms with Gasteiger partial charge in [-0.25, -0.2) is 4.79 Å². The van der Waals surface area contributed by atoms with E-state index in [1.165, 1.54) is 24.3 Å². The van der Waals surface area contributed by atoms with E-state index in [9.17, 15) is 14.9 Å². The minimum Gasteiger partial charge on any atom is -0.450 e. The number of likely N-dealkylation sites (tertiary alicyclic amines) is 1. The predicted octanol–water partition coefficient (Wildman–Crippen LogP) is 3.93. The highest BCUT2D eigenvalue weighted by molar-refractivity contribution is 5.92. The zero-order valence-corrected chi connectivity index (χ0v) is 14.8. The lowest BCUT2D eigenvalue weighted by molar-refractivity contribution is -0.384. The summed E-state index contributed by atoms with van der Waals surface area (Å²) in [4.78, 5) is 29.5. The molecule has 27 heavy (non-hydrogen) atoms. The van der Waals surface area contributed by atoms with Crippen molar-refractivity contribution < 1.29 is 19.3 Å². The van der Waals surface area contributed by atoms with E-state index in [0.29, 0.717) is 31.0 Å². The molecule has 0 saturated carbocycles. The molecular formula is C19H19N3O5. The van der Waals surface area contributed by atoms with E-state index < -0.39 is 11.0 Å². The number of amides is 1. The first kappa shape index (κ1) is 18.4. The molecular weight excluding hydrogens is 350 g/mol. The molecule has 1 heterocycles. The van der Waals surface area contributed by atoms with Crippen molar-refractivity contribution in [3.05, 3.63) is 70.3 Å². The Morgan fingerprint density at radius 3 is 2.56 bits per heavy atom. The van der Waals surface area contributed by atoms with Crippen LogP contribution in [0.1, 0.15) is 24.9 Å². The fraction of sp³-hybridized carbons (Fsp3) is 0.263. The first-order valence-electron chi connectivity index (χ1n) is 8.54. The van der Waals surface area contributed by atoms with Gasteiger partial charge in [0.1, 0.15) is 0 Å². The molecule has 0 N–H and O–H groups in total. The van der Waals surface area contributed by atoms with Gasteiger partial charge in [0.25, 0.3) is 5.69 Å². The van der Waals surface area contributed by atoms with Crippen LogP contribution in [0.2, 0.25) is 0 Å². The highest BCUT2D eigenvalue weighted by Crippen LogP contribution is 2.31. The summed E-state index contributed by atoms with van der Waals surface area (Å²) in [7, 11) is 0. The van der Waals surface area contributed by atoms with Crippen LogP contribution in [0.25, 0.3) is 0 Å². The number of carbonyl (C=O) groups excluding carboxylic acids is 1. The third kappa shape index (κ3) is 4.41. The molecule has 0 aromatic heterocycles. The van der Waals surface area contributed by atoms with Crippen LogP contribution in [0.15, 0.2) is 59.8 Å². The zero-order chi connectivity index (χ0) is 19.2. The van der Waals surface area contributed by atoms with E-state index in [-0.39, 0.29) is 11.7 Å². The van der Waals surface area contributed by atoms with E-state index in [4.69, 9.17) is 9.57 Å². The fourth-order valence-corrected chi connectivity index (χ4v) is 2.89. The van der Waals surface area contributed by atoms with Crippen LogP contribution in [0.4, 0.5) is 10.5 Å². The molecule has 3 rings (SSSR count). The first-order chi connectivity index (χ1) is 13.1. The summed E-state index contributed by atoms with van der Waals surface area (Å²) in [5.74, 6) is 0.388. The summed E-state index contributed by atoms with van der Waals surface area (Å²) in [6.07, 6.45) is 0.127. The third-order valence-electron chi connectivity index (χ3n) is 4.17. The number of hydrogen-bond donors (Lipinski definition) is 0.